The summed E-state index contributed by atoms with van der Waals surface area (Å²) in [5, 5.41) is 5.46. The van der Waals surface area contributed by atoms with Gasteiger partial charge in [-0.15, -0.1) is 0 Å². The summed E-state index contributed by atoms with van der Waals surface area (Å²) < 4.78 is 15.0. The number of hydrogen-bond donors (Lipinski definition) is 2. The van der Waals surface area contributed by atoms with Gasteiger partial charge in [-0.3, -0.25) is 14.7 Å². The summed E-state index contributed by atoms with van der Waals surface area (Å²) in [4.78, 5) is 30.0. The Hall–Kier alpha value is -3.00. The molecule has 3 aromatic rings. The van der Waals surface area contributed by atoms with Crippen LogP contribution in [-0.4, -0.2) is 39.5 Å². The molecule has 0 aliphatic heterocycles. The summed E-state index contributed by atoms with van der Waals surface area (Å²) >= 11 is 0. The first-order valence-electron chi connectivity index (χ1n) is 7.71. The van der Waals surface area contributed by atoms with E-state index in [2.05, 4.69) is 15.4 Å². The highest BCUT2D eigenvalue weighted by Crippen LogP contribution is 2.13. The van der Waals surface area contributed by atoms with E-state index in [-0.39, 0.29) is 35.0 Å². The lowest BCUT2D eigenvalue weighted by molar-refractivity contribution is 0.0952. The van der Waals surface area contributed by atoms with E-state index in [1.54, 1.807) is 12.1 Å². The fourth-order valence-corrected chi connectivity index (χ4v) is 2.56. The third-order valence-electron chi connectivity index (χ3n) is 3.72. The molecule has 2 N–H and O–H groups in total. The Morgan fingerprint density at radius 1 is 1.36 bits per heavy atom. The topological polar surface area (TPSA) is 82.5 Å². The zero-order valence-electron chi connectivity index (χ0n) is 13.9. The van der Waals surface area contributed by atoms with Gasteiger partial charge in [0.15, 0.2) is 5.65 Å². The van der Waals surface area contributed by atoms with Gasteiger partial charge in [0.1, 0.15) is 11.4 Å². The highest BCUT2D eigenvalue weighted by Gasteiger charge is 2.14. The van der Waals surface area contributed by atoms with Crippen LogP contribution in [0.5, 0.6) is 0 Å². The van der Waals surface area contributed by atoms with Gasteiger partial charge in [0.05, 0.1) is 0 Å². The summed E-state index contributed by atoms with van der Waals surface area (Å²) in [6, 6.07) is 6.06. The second kappa shape index (κ2) is 6.86. The number of aromatic amines is 1. The van der Waals surface area contributed by atoms with E-state index in [4.69, 9.17) is 0 Å². The number of benzene rings is 1. The summed E-state index contributed by atoms with van der Waals surface area (Å²) in [7, 11) is 3.72. The molecule has 0 aliphatic rings. The zero-order valence-corrected chi connectivity index (χ0v) is 13.9. The van der Waals surface area contributed by atoms with Crippen LogP contribution in [0.1, 0.15) is 21.5 Å². The minimum atomic E-state index is -0.365. The molecule has 3 rings (SSSR count). The average molecular weight is 343 g/mol. The Labute approximate surface area is 143 Å². The molecule has 2 aromatic heterocycles. The highest BCUT2D eigenvalue weighted by molar-refractivity contribution is 5.99. The molecule has 0 atom stereocenters. The first-order chi connectivity index (χ1) is 12.0. The van der Waals surface area contributed by atoms with Crippen molar-refractivity contribution in [3.05, 3.63) is 69.5 Å². The van der Waals surface area contributed by atoms with Gasteiger partial charge in [-0.05, 0) is 31.8 Å². The van der Waals surface area contributed by atoms with Crippen molar-refractivity contribution in [2.24, 2.45) is 0 Å². The molecule has 7 nitrogen and oxygen atoms in total. The number of hydrogen-bond acceptors (Lipinski definition) is 4. The number of rotatable bonds is 5. The van der Waals surface area contributed by atoms with Crippen molar-refractivity contribution in [3.63, 3.8) is 0 Å². The lowest BCUT2D eigenvalue weighted by Crippen LogP contribution is -2.23. The van der Waals surface area contributed by atoms with Crippen molar-refractivity contribution in [2.75, 3.05) is 14.1 Å². The van der Waals surface area contributed by atoms with Crippen molar-refractivity contribution < 1.29 is 9.18 Å². The average Bonchev–Trinajstić information content (AvgIpc) is 3.00. The molecule has 2 heterocycles. The normalized spacial score (nSPS) is 11.2. The van der Waals surface area contributed by atoms with Crippen molar-refractivity contribution in [3.8, 4) is 0 Å². The Balaban J connectivity index is 1.76. The van der Waals surface area contributed by atoms with E-state index in [0.29, 0.717) is 12.1 Å². The molecule has 130 valence electrons. The molecule has 0 spiro atoms. The minimum absolute atomic E-state index is 0.244. The van der Waals surface area contributed by atoms with Gasteiger partial charge in [-0.1, -0.05) is 6.07 Å². The van der Waals surface area contributed by atoms with Gasteiger partial charge in [0.2, 0.25) is 0 Å². The Bertz CT molecular complexity index is 977. The molecule has 0 saturated carbocycles. The van der Waals surface area contributed by atoms with E-state index in [1.807, 2.05) is 19.0 Å². The quantitative estimate of drug-likeness (QED) is 0.728. The van der Waals surface area contributed by atoms with E-state index >= 15 is 0 Å². The van der Waals surface area contributed by atoms with Gasteiger partial charge in [0.25, 0.3) is 11.5 Å². The fraction of sp³-hybridized carbons (Fsp3) is 0.235. The van der Waals surface area contributed by atoms with Crippen molar-refractivity contribution in [1.82, 2.24) is 24.8 Å². The summed E-state index contributed by atoms with van der Waals surface area (Å²) in [6.07, 6.45) is 2.79. The maximum absolute atomic E-state index is 13.8. The monoisotopic (exact) mass is 343 g/mol. The lowest BCUT2D eigenvalue weighted by atomic mass is 10.1. The molecule has 0 radical (unpaired) electrons. The molecule has 1 amide bonds. The molecule has 8 heteroatoms. The molecular weight excluding hydrogens is 325 g/mol. The molecule has 25 heavy (non-hydrogen) atoms. The smallest absolute Gasteiger partial charge is 0.272 e. The number of H-pyrrole nitrogens is 1. The number of fused-ring (bicyclic) bond motifs is 1. The van der Waals surface area contributed by atoms with Crippen LogP contribution < -0.4 is 10.9 Å². The van der Waals surface area contributed by atoms with Crippen LogP contribution in [0, 0.1) is 5.82 Å². The number of carbonyl (C=O) groups is 1. The first kappa shape index (κ1) is 16.8. The molecule has 0 bridgehead atoms. The van der Waals surface area contributed by atoms with Crippen LogP contribution in [-0.2, 0) is 13.1 Å². The van der Waals surface area contributed by atoms with Crippen molar-refractivity contribution in [1.29, 1.82) is 0 Å². The summed E-state index contributed by atoms with van der Waals surface area (Å²) in [6.45, 7) is 0.719. The van der Waals surface area contributed by atoms with Crippen LogP contribution in [0.2, 0.25) is 0 Å². The lowest BCUT2D eigenvalue weighted by Gasteiger charge is -2.12. The van der Waals surface area contributed by atoms with E-state index < -0.39 is 0 Å². The fourth-order valence-electron chi connectivity index (χ4n) is 2.56. The van der Waals surface area contributed by atoms with E-state index in [1.165, 1.54) is 29.0 Å². The third kappa shape index (κ3) is 3.58. The Morgan fingerprint density at radius 2 is 2.16 bits per heavy atom. The SMILES string of the molecule is CN(C)Cc1cc(CNC(=O)c2c[nH]n3c(=O)ccnc23)ccc1F. The molecule has 0 unspecified atom stereocenters. The number of carbonyl (C=O) groups excluding carboxylic acids is 1. The Morgan fingerprint density at radius 3 is 2.92 bits per heavy atom. The maximum Gasteiger partial charge on any atom is 0.272 e. The zero-order chi connectivity index (χ0) is 18.0. The minimum Gasteiger partial charge on any atom is -0.348 e. The molecule has 0 aliphatic carbocycles. The number of nitrogens with one attached hydrogen (secondary N) is 2. The molecule has 1 aromatic carbocycles. The van der Waals surface area contributed by atoms with Gasteiger partial charge in [0, 0.05) is 37.1 Å². The van der Waals surface area contributed by atoms with Crippen LogP contribution in [0.15, 0.2) is 41.5 Å². The summed E-state index contributed by atoms with van der Waals surface area (Å²) in [5.74, 6) is -0.640. The van der Waals surface area contributed by atoms with Crippen molar-refractivity contribution >= 4 is 11.6 Å². The van der Waals surface area contributed by atoms with Crippen molar-refractivity contribution in [2.45, 2.75) is 13.1 Å². The standard InChI is InChI=1S/C17H18FN5O2/c1-22(2)10-12-7-11(3-4-14(12)18)8-20-17(25)13-9-21-23-15(24)5-6-19-16(13)23/h3-7,9,21H,8,10H2,1-2H3,(H,20,25). The largest absolute Gasteiger partial charge is 0.348 e. The van der Waals surface area contributed by atoms with E-state index in [0.717, 1.165) is 5.56 Å². The number of amides is 1. The molecule has 0 fully saturated rings. The van der Waals surface area contributed by atoms with E-state index in [9.17, 15) is 14.0 Å². The van der Waals surface area contributed by atoms with Crippen LogP contribution in [0.3, 0.4) is 0 Å². The first-order valence-corrected chi connectivity index (χ1v) is 7.71. The predicted molar refractivity (Wildman–Crippen MR) is 90.8 cm³/mol. The molecule has 0 saturated heterocycles. The highest BCUT2D eigenvalue weighted by atomic mass is 19.1. The maximum atomic E-state index is 13.8. The van der Waals surface area contributed by atoms with Gasteiger partial charge < -0.3 is 10.2 Å². The molecular formula is C17H18FN5O2. The van der Waals surface area contributed by atoms with Crippen LogP contribution in [0.25, 0.3) is 5.65 Å². The third-order valence-corrected chi connectivity index (χ3v) is 3.72. The van der Waals surface area contributed by atoms with Crippen LogP contribution >= 0.6 is 0 Å². The number of aromatic nitrogens is 3. The second-order valence-electron chi connectivity index (χ2n) is 5.98. The number of nitrogens with zero attached hydrogens (tertiary/aromatic N) is 3. The predicted octanol–water partition coefficient (Wildman–Crippen LogP) is 1.15. The second-order valence-corrected chi connectivity index (χ2v) is 5.98. The van der Waals surface area contributed by atoms with Gasteiger partial charge in [-0.2, -0.15) is 0 Å². The number of halogens is 1. The summed E-state index contributed by atoms with van der Waals surface area (Å²) in [5.41, 5.74) is 1.59. The van der Waals surface area contributed by atoms with Crippen LogP contribution in [0.4, 0.5) is 4.39 Å². The van der Waals surface area contributed by atoms with Gasteiger partial charge in [-0.25, -0.2) is 13.9 Å². The Kier molecular flexibility index (Phi) is 4.62. The van der Waals surface area contributed by atoms with Gasteiger partial charge >= 0.3 is 0 Å².